The normalized spacial score (nSPS) is 22.9. The topological polar surface area (TPSA) is 218 Å². The monoisotopic (exact) mass is 685 g/mol. The molecule has 3 aliphatic carbocycles. The Morgan fingerprint density at radius 2 is 1.73 bits per heavy atom. The maximum Gasteiger partial charge on any atom is 0.357 e. The number of nitrogens with zero attached hydrogens (tertiary/aromatic N) is 1. The number of primary amides is 1. The van der Waals surface area contributed by atoms with Crippen molar-refractivity contribution in [3.63, 3.8) is 0 Å². The van der Waals surface area contributed by atoms with Crippen molar-refractivity contribution in [3.8, 4) is 11.5 Å². The van der Waals surface area contributed by atoms with Gasteiger partial charge in [0.2, 0.25) is 5.78 Å². The fraction of sp³-hybridized carbons (Fsp3) is 0.424. The second kappa shape index (κ2) is 12.9. The van der Waals surface area contributed by atoms with E-state index in [0.29, 0.717) is 22.6 Å². The van der Waals surface area contributed by atoms with E-state index in [4.69, 9.17) is 19.5 Å². The number of benzene rings is 2. The van der Waals surface area contributed by atoms with Gasteiger partial charge in [-0.05, 0) is 61.9 Å². The quantitative estimate of drug-likeness (QED) is 0.113. The van der Waals surface area contributed by atoms with Crippen LogP contribution in [0.2, 0.25) is 0 Å². The molecule has 1 saturated carbocycles. The van der Waals surface area contributed by atoms with Crippen LogP contribution in [0.15, 0.2) is 47.2 Å². The third kappa shape index (κ3) is 5.52. The Balaban J connectivity index is 1.69. The molecular weight excluding hydrogens is 645 g/mol. The van der Waals surface area contributed by atoms with Crippen molar-refractivity contribution in [1.29, 1.82) is 0 Å². The predicted octanol–water partition coefficient (Wildman–Crippen LogP) is 3.88. The highest BCUT2D eigenvalue weighted by Crippen LogP contribution is 2.62. The van der Waals surface area contributed by atoms with Gasteiger partial charge in [-0.15, -0.1) is 0 Å². The minimum atomic E-state index is -3.96. The van der Waals surface area contributed by atoms with Crippen molar-refractivity contribution in [2.75, 3.05) is 44.6 Å². The summed E-state index contributed by atoms with van der Waals surface area (Å²) in [6, 6.07) is 8.28. The summed E-state index contributed by atoms with van der Waals surface area (Å²) in [5.41, 5.74) is 2.86. The van der Waals surface area contributed by atoms with E-state index in [1.807, 2.05) is 0 Å². The smallest absolute Gasteiger partial charge is 0.357 e. The van der Waals surface area contributed by atoms with Gasteiger partial charge in [0.25, 0.3) is 5.91 Å². The van der Waals surface area contributed by atoms with Gasteiger partial charge in [0.15, 0.2) is 17.2 Å². The molecule has 5 rings (SSSR count). The van der Waals surface area contributed by atoms with Crippen LogP contribution in [0.3, 0.4) is 0 Å². The van der Waals surface area contributed by atoms with Crippen LogP contribution in [0.4, 0.5) is 11.4 Å². The number of hydrogen-bond acceptors (Lipinski definition) is 13. The number of rotatable bonds is 11. The number of phenolic OH excluding ortho intramolecular Hbond substituents is 1. The van der Waals surface area contributed by atoms with Crippen molar-refractivity contribution in [3.05, 3.63) is 63.9 Å². The Kier molecular flexibility index (Phi) is 9.41. The summed E-state index contributed by atoms with van der Waals surface area (Å²) in [7, 11) is 1.04. The van der Waals surface area contributed by atoms with Crippen molar-refractivity contribution >= 4 is 42.2 Å². The summed E-state index contributed by atoms with van der Waals surface area (Å²) >= 11 is 0. The molecule has 1 unspecified atom stereocenters. The van der Waals surface area contributed by atoms with Gasteiger partial charge in [-0.1, -0.05) is 12.1 Å². The van der Waals surface area contributed by atoms with Gasteiger partial charge in [0, 0.05) is 37.7 Å². The lowest BCUT2D eigenvalue weighted by Gasteiger charge is -2.46. The van der Waals surface area contributed by atoms with Gasteiger partial charge < -0.3 is 50.2 Å². The van der Waals surface area contributed by atoms with Crippen molar-refractivity contribution < 1.29 is 53.2 Å². The molecule has 7 N–H and O–H groups in total. The van der Waals surface area contributed by atoms with Gasteiger partial charge in [0.1, 0.15) is 28.6 Å². The maximum atomic E-state index is 14.2. The average Bonchev–Trinajstić information content (AvgIpc) is 3.02. The van der Waals surface area contributed by atoms with E-state index in [2.05, 4.69) is 5.32 Å². The fourth-order valence-corrected chi connectivity index (χ4v) is 8.93. The third-order valence-corrected chi connectivity index (χ3v) is 11.5. The zero-order valence-corrected chi connectivity index (χ0v) is 28.2. The Morgan fingerprint density at radius 3 is 2.27 bits per heavy atom. The molecule has 3 aliphatic rings. The lowest BCUT2D eigenvalue weighted by molar-refractivity contribution is -0.147. The number of fused-ring (bicyclic) bond motifs is 3. The van der Waals surface area contributed by atoms with Crippen LogP contribution in [0.1, 0.15) is 49.2 Å². The van der Waals surface area contributed by atoms with Gasteiger partial charge in [-0.25, -0.2) is 0 Å². The Bertz CT molecular complexity index is 1780. The Hall–Kier alpha value is -4.36. The molecule has 0 radical (unpaired) electrons. The molecule has 0 bridgehead atoms. The van der Waals surface area contributed by atoms with Crippen LogP contribution in [-0.2, 0) is 34.4 Å². The molecule has 258 valence electrons. The highest BCUT2D eigenvalue weighted by atomic mass is 31.2. The molecule has 0 spiro atoms. The zero-order valence-electron chi connectivity index (χ0n) is 27.3. The SMILES string of the molecule is CCOP(=O)(OCC)C(Nc1cc(N(C)C)c2c(c1O)C(O)=C1C(=O)[C@]3(O)C(O)=C(C(N)=O)C(=O)C[C@@H]3C[C@@H]1C2)c1ccc(OC)cc1. The van der Waals surface area contributed by atoms with Crippen LogP contribution in [0, 0.1) is 11.8 Å². The number of hydrogen-bond donors (Lipinski definition) is 6. The number of amides is 1. The van der Waals surface area contributed by atoms with Crippen LogP contribution < -0.4 is 20.7 Å². The molecule has 1 amide bonds. The number of ketones is 2. The number of aliphatic hydroxyl groups excluding tert-OH is 2. The Labute approximate surface area is 277 Å². The van der Waals surface area contributed by atoms with E-state index >= 15 is 0 Å². The first kappa shape index (κ1) is 35.0. The molecule has 2 aromatic carbocycles. The summed E-state index contributed by atoms with van der Waals surface area (Å²) in [6.07, 6.45) is -0.293. The first-order valence-electron chi connectivity index (χ1n) is 15.5. The number of ether oxygens (including phenoxy) is 1. The molecule has 0 heterocycles. The maximum absolute atomic E-state index is 14.2. The first-order chi connectivity index (χ1) is 22.6. The van der Waals surface area contributed by atoms with Gasteiger partial charge in [0.05, 0.1) is 31.6 Å². The number of aromatic hydroxyl groups is 1. The van der Waals surface area contributed by atoms with Gasteiger partial charge >= 0.3 is 7.60 Å². The van der Waals surface area contributed by atoms with Crippen LogP contribution >= 0.6 is 7.60 Å². The second-order valence-electron chi connectivity index (χ2n) is 12.1. The first-order valence-corrected chi connectivity index (χ1v) is 17.1. The second-order valence-corrected chi connectivity index (χ2v) is 14.3. The molecule has 0 aromatic heterocycles. The van der Waals surface area contributed by atoms with Crippen LogP contribution in [-0.4, -0.2) is 77.9 Å². The molecular formula is C33H40N3O11P. The number of carbonyl (C=O) groups excluding carboxylic acids is 3. The minimum absolute atomic E-state index is 0.00197. The van der Waals surface area contributed by atoms with E-state index in [-0.39, 0.29) is 42.9 Å². The molecule has 4 atom stereocenters. The highest BCUT2D eigenvalue weighted by molar-refractivity contribution is 7.54. The molecule has 14 nitrogen and oxygen atoms in total. The summed E-state index contributed by atoms with van der Waals surface area (Å²) in [5.74, 6) is -7.87. The van der Waals surface area contributed by atoms with E-state index in [9.17, 15) is 39.4 Å². The van der Waals surface area contributed by atoms with Gasteiger partial charge in [-0.2, -0.15) is 0 Å². The standard InChI is InChI=1S/C33H40N3O11P/c1-6-46-48(44,47-7-2)32(16-8-10-19(45-5)11-9-16)35-21-15-22(36(3)4)20-13-17-12-18-14-23(37)26(31(34)42)30(41)33(18,43)29(40)24(17)28(39)25(20)27(21)38/h8-11,15,17-18,32,35,38-39,41,43H,6-7,12-14H2,1-5H3,(H2,34,42)/t17-,18+,32?,33+/m1/s1. The molecule has 15 heteroatoms. The lowest BCUT2D eigenvalue weighted by Crippen LogP contribution is -2.58. The van der Waals surface area contributed by atoms with E-state index in [1.165, 1.54) is 7.11 Å². The van der Waals surface area contributed by atoms with E-state index in [0.717, 1.165) is 0 Å². The number of nitrogens with one attached hydrogen (secondary N) is 1. The molecule has 2 aromatic rings. The third-order valence-electron chi connectivity index (χ3n) is 9.18. The van der Waals surface area contributed by atoms with Crippen molar-refractivity contribution in [2.45, 2.75) is 44.5 Å². The van der Waals surface area contributed by atoms with Crippen LogP contribution in [0.25, 0.3) is 5.76 Å². The Morgan fingerprint density at radius 1 is 1.10 bits per heavy atom. The number of Topliss-reactive ketones (excluding diaryl/α,β-unsaturated/α-hetero) is 2. The number of methoxy groups -OCH3 is 1. The number of nitrogens with two attached hydrogens (primary N) is 1. The van der Waals surface area contributed by atoms with Gasteiger partial charge in [-0.3, -0.25) is 18.9 Å². The van der Waals surface area contributed by atoms with E-state index in [1.54, 1.807) is 63.2 Å². The summed E-state index contributed by atoms with van der Waals surface area (Å²) in [5, 5.41) is 49.1. The van der Waals surface area contributed by atoms with Crippen LogP contribution in [0.5, 0.6) is 11.5 Å². The largest absolute Gasteiger partial charge is 0.508 e. The summed E-state index contributed by atoms with van der Waals surface area (Å²) < 4.78 is 30.9. The summed E-state index contributed by atoms with van der Waals surface area (Å²) in [4.78, 5) is 40.4. The fourth-order valence-electron chi connectivity index (χ4n) is 7.00. The molecule has 0 saturated heterocycles. The zero-order chi connectivity index (χ0) is 35.3. The number of carbonyl (C=O) groups is 3. The van der Waals surface area contributed by atoms with Crippen molar-refractivity contribution in [1.82, 2.24) is 0 Å². The molecule has 1 fully saturated rings. The molecule has 0 aliphatic heterocycles. The summed E-state index contributed by atoms with van der Waals surface area (Å²) in [6.45, 7) is 3.43. The van der Waals surface area contributed by atoms with E-state index < -0.39 is 77.6 Å². The average molecular weight is 686 g/mol. The number of phenols is 1. The number of anilines is 2. The molecule has 48 heavy (non-hydrogen) atoms. The minimum Gasteiger partial charge on any atom is -0.508 e. The predicted molar refractivity (Wildman–Crippen MR) is 176 cm³/mol. The van der Waals surface area contributed by atoms with Crippen molar-refractivity contribution in [2.24, 2.45) is 17.6 Å². The number of aliphatic hydroxyl groups is 3. The highest BCUT2D eigenvalue weighted by Gasteiger charge is 2.60. The lowest BCUT2D eigenvalue weighted by atomic mass is 9.59.